The fourth-order valence-corrected chi connectivity index (χ4v) is 3.11. The molecule has 0 saturated heterocycles. The molecule has 0 radical (unpaired) electrons. The number of nitrogens with one attached hydrogen (secondary N) is 3. The normalized spacial score (nSPS) is 11.3. The van der Waals surface area contributed by atoms with Crippen molar-refractivity contribution in [3.05, 3.63) is 66.5 Å². The van der Waals surface area contributed by atoms with E-state index in [-0.39, 0.29) is 0 Å². The maximum Gasteiger partial charge on any atom is 0.163 e. The van der Waals surface area contributed by atoms with Gasteiger partial charge in [-0.2, -0.15) is 5.10 Å². The number of aryl methyl sites for hydroxylation is 1. The Labute approximate surface area is 149 Å². The lowest BCUT2D eigenvalue weighted by Crippen LogP contribution is -1.98. The van der Waals surface area contributed by atoms with Gasteiger partial charge >= 0.3 is 0 Å². The Morgan fingerprint density at radius 1 is 1.00 bits per heavy atom. The molecule has 6 heteroatoms. The fraction of sp³-hybridized carbons (Fsp3) is 0.0500. The molecule has 5 aromatic rings. The van der Waals surface area contributed by atoms with Gasteiger partial charge in [0.1, 0.15) is 11.5 Å². The van der Waals surface area contributed by atoms with Crippen LogP contribution in [0.5, 0.6) is 0 Å². The largest absolute Gasteiger partial charge is 0.346 e. The van der Waals surface area contributed by atoms with E-state index >= 15 is 0 Å². The first-order chi connectivity index (χ1) is 12.8. The highest BCUT2D eigenvalue weighted by Crippen LogP contribution is 2.28. The summed E-state index contributed by atoms with van der Waals surface area (Å²) in [5.41, 5.74) is 4.94. The summed E-state index contributed by atoms with van der Waals surface area (Å²) in [5, 5.41) is 12.5. The van der Waals surface area contributed by atoms with Crippen LogP contribution in [0.15, 0.2) is 60.9 Å². The van der Waals surface area contributed by atoms with E-state index in [1.165, 1.54) is 5.56 Å². The number of nitrogens with zero attached hydrogens (tertiary/aromatic N) is 3. The van der Waals surface area contributed by atoms with Crippen LogP contribution in [0.2, 0.25) is 0 Å². The summed E-state index contributed by atoms with van der Waals surface area (Å²) in [5.74, 6) is 1.46. The van der Waals surface area contributed by atoms with E-state index in [1.807, 2.05) is 48.8 Å². The lowest BCUT2D eigenvalue weighted by molar-refractivity contribution is 1.12. The van der Waals surface area contributed by atoms with Crippen LogP contribution in [-0.4, -0.2) is 25.1 Å². The van der Waals surface area contributed by atoms with Crippen LogP contribution in [0.25, 0.3) is 33.3 Å². The molecule has 0 aliphatic heterocycles. The summed E-state index contributed by atoms with van der Waals surface area (Å²) < 4.78 is 0. The van der Waals surface area contributed by atoms with Gasteiger partial charge in [-0.05, 0) is 37.3 Å². The Bertz CT molecular complexity index is 1230. The maximum absolute atomic E-state index is 4.78. The molecular weight excluding hydrogens is 324 g/mol. The third-order valence-corrected chi connectivity index (χ3v) is 4.39. The van der Waals surface area contributed by atoms with Gasteiger partial charge in [0.25, 0.3) is 0 Å². The molecule has 0 fully saturated rings. The number of H-pyrrole nitrogens is 2. The predicted molar refractivity (Wildman–Crippen MR) is 103 cm³/mol. The molecule has 0 saturated carbocycles. The Balaban J connectivity index is 1.62. The minimum atomic E-state index is 0.690. The molecule has 3 N–H and O–H groups in total. The van der Waals surface area contributed by atoms with Crippen molar-refractivity contribution >= 4 is 33.4 Å². The van der Waals surface area contributed by atoms with Crippen molar-refractivity contribution in [1.82, 2.24) is 25.1 Å². The van der Waals surface area contributed by atoms with Crippen molar-refractivity contribution in [2.75, 3.05) is 5.32 Å². The van der Waals surface area contributed by atoms with Crippen LogP contribution in [-0.2, 0) is 0 Å². The molecule has 0 amide bonds. The zero-order chi connectivity index (χ0) is 17.5. The first kappa shape index (κ1) is 14.7. The van der Waals surface area contributed by atoms with Crippen LogP contribution in [0.4, 0.5) is 11.5 Å². The van der Waals surface area contributed by atoms with Crippen molar-refractivity contribution in [2.24, 2.45) is 0 Å². The van der Waals surface area contributed by atoms with E-state index in [4.69, 9.17) is 4.98 Å². The second-order valence-corrected chi connectivity index (χ2v) is 6.30. The third-order valence-electron chi connectivity index (χ3n) is 4.39. The van der Waals surface area contributed by atoms with Gasteiger partial charge in [0.05, 0.1) is 17.1 Å². The highest BCUT2D eigenvalue weighted by molar-refractivity contribution is 5.92. The van der Waals surface area contributed by atoms with E-state index in [0.717, 1.165) is 39.0 Å². The molecule has 0 spiro atoms. The minimum absolute atomic E-state index is 0.690. The maximum atomic E-state index is 4.78. The van der Waals surface area contributed by atoms with E-state index in [2.05, 4.69) is 44.5 Å². The number of aromatic nitrogens is 5. The van der Waals surface area contributed by atoms with E-state index in [9.17, 15) is 0 Å². The van der Waals surface area contributed by atoms with Crippen molar-refractivity contribution in [1.29, 1.82) is 0 Å². The Kier molecular flexibility index (Phi) is 3.21. The topological polar surface area (TPSA) is 82.3 Å². The van der Waals surface area contributed by atoms with Gasteiger partial charge < -0.3 is 10.3 Å². The lowest BCUT2D eigenvalue weighted by atomic mass is 10.1. The third kappa shape index (κ3) is 2.48. The van der Waals surface area contributed by atoms with Crippen LogP contribution in [0.3, 0.4) is 0 Å². The monoisotopic (exact) mass is 340 g/mol. The first-order valence-corrected chi connectivity index (χ1v) is 8.38. The SMILES string of the molecule is Cc1cccc(-c2nc(Nc3ccc4[nH]ncc4c3)c3cc[nH]c3n2)c1. The lowest BCUT2D eigenvalue weighted by Gasteiger charge is -2.09. The molecule has 0 unspecified atom stereocenters. The summed E-state index contributed by atoms with van der Waals surface area (Å²) in [6.45, 7) is 2.07. The smallest absolute Gasteiger partial charge is 0.163 e. The fourth-order valence-electron chi connectivity index (χ4n) is 3.11. The average molecular weight is 340 g/mol. The molecule has 0 bridgehead atoms. The number of rotatable bonds is 3. The molecule has 126 valence electrons. The summed E-state index contributed by atoms with van der Waals surface area (Å²) in [4.78, 5) is 12.6. The first-order valence-electron chi connectivity index (χ1n) is 8.38. The molecule has 3 aromatic heterocycles. The standard InChI is InChI=1S/C20H16N6/c1-12-3-2-4-13(9-12)18-24-19-16(7-8-21-19)20(25-18)23-15-5-6-17-14(10-15)11-22-26-17/h2-11H,1H3,(H,22,26)(H2,21,23,24,25). The molecule has 3 heterocycles. The van der Waals surface area contributed by atoms with Crippen molar-refractivity contribution in [3.8, 4) is 11.4 Å². The second-order valence-electron chi connectivity index (χ2n) is 6.30. The zero-order valence-corrected chi connectivity index (χ0v) is 14.1. The molecule has 0 aliphatic carbocycles. The predicted octanol–water partition coefficient (Wildman–Crippen LogP) is 4.55. The van der Waals surface area contributed by atoms with E-state index < -0.39 is 0 Å². The van der Waals surface area contributed by atoms with Crippen molar-refractivity contribution in [2.45, 2.75) is 6.92 Å². The Morgan fingerprint density at radius 3 is 2.88 bits per heavy atom. The minimum Gasteiger partial charge on any atom is -0.346 e. The Hall–Kier alpha value is -3.67. The van der Waals surface area contributed by atoms with E-state index in [0.29, 0.717) is 5.82 Å². The highest BCUT2D eigenvalue weighted by atomic mass is 15.1. The number of benzene rings is 2. The van der Waals surface area contributed by atoms with Gasteiger partial charge in [0.2, 0.25) is 0 Å². The summed E-state index contributed by atoms with van der Waals surface area (Å²) in [6, 6.07) is 16.2. The van der Waals surface area contributed by atoms with Gasteiger partial charge in [-0.3, -0.25) is 5.10 Å². The van der Waals surface area contributed by atoms with Gasteiger partial charge in [-0.1, -0.05) is 23.8 Å². The van der Waals surface area contributed by atoms with Crippen LogP contribution in [0, 0.1) is 6.92 Å². The molecule has 0 atom stereocenters. The number of anilines is 2. The van der Waals surface area contributed by atoms with E-state index in [1.54, 1.807) is 0 Å². The molecule has 26 heavy (non-hydrogen) atoms. The average Bonchev–Trinajstić information content (AvgIpc) is 3.30. The second kappa shape index (κ2) is 5.70. The van der Waals surface area contributed by atoms with Gasteiger partial charge in [-0.25, -0.2) is 9.97 Å². The molecule has 5 rings (SSSR count). The summed E-state index contributed by atoms with van der Waals surface area (Å²) in [7, 11) is 0. The summed E-state index contributed by atoms with van der Waals surface area (Å²) >= 11 is 0. The Morgan fingerprint density at radius 2 is 1.96 bits per heavy atom. The van der Waals surface area contributed by atoms with Gasteiger partial charge in [-0.15, -0.1) is 0 Å². The van der Waals surface area contributed by atoms with Crippen LogP contribution < -0.4 is 5.32 Å². The highest BCUT2D eigenvalue weighted by Gasteiger charge is 2.11. The van der Waals surface area contributed by atoms with Crippen LogP contribution in [0.1, 0.15) is 5.56 Å². The van der Waals surface area contributed by atoms with Gasteiger partial charge in [0, 0.05) is 22.8 Å². The van der Waals surface area contributed by atoms with Gasteiger partial charge in [0.15, 0.2) is 5.82 Å². The number of fused-ring (bicyclic) bond motifs is 2. The zero-order valence-electron chi connectivity index (χ0n) is 14.1. The number of aromatic amines is 2. The van der Waals surface area contributed by atoms with Crippen LogP contribution >= 0.6 is 0 Å². The quantitative estimate of drug-likeness (QED) is 0.450. The molecule has 0 aliphatic rings. The number of hydrogen-bond donors (Lipinski definition) is 3. The molecular formula is C20H16N6. The van der Waals surface area contributed by atoms with Crippen molar-refractivity contribution in [3.63, 3.8) is 0 Å². The molecule has 6 nitrogen and oxygen atoms in total. The summed E-state index contributed by atoms with van der Waals surface area (Å²) in [6.07, 6.45) is 3.69. The van der Waals surface area contributed by atoms with Crippen molar-refractivity contribution < 1.29 is 0 Å². The molecule has 2 aromatic carbocycles. The number of hydrogen-bond acceptors (Lipinski definition) is 4.